The van der Waals surface area contributed by atoms with Crippen LogP contribution in [0.2, 0.25) is 0 Å². The standard InChI is InChI=1S/C13H15NO2S/c15-11-7-3-4-8-13(11,16)12-9-5-1-2-6-10(9)17-14-12/h1-2,5-6,11,15-16H,3-4,7-8H2/t11?,13-/m1/s1. The van der Waals surface area contributed by atoms with Crippen molar-refractivity contribution < 1.29 is 10.2 Å². The highest BCUT2D eigenvalue weighted by Crippen LogP contribution is 2.40. The number of aliphatic hydroxyl groups is 2. The zero-order valence-electron chi connectivity index (χ0n) is 9.47. The minimum atomic E-state index is -1.15. The molecule has 2 N–H and O–H groups in total. The summed E-state index contributed by atoms with van der Waals surface area (Å²) >= 11 is 1.39. The van der Waals surface area contributed by atoms with Crippen molar-refractivity contribution in [1.29, 1.82) is 0 Å². The Hall–Kier alpha value is -0.970. The second-order valence-corrected chi connectivity index (χ2v) is 5.52. The molecule has 0 spiro atoms. The van der Waals surface area contributed by atoms with Crippen LogP contribution >= 0.6 is 11.5 Å². The average molecular weight is 249 g/mol. The molecule has 0 radical (unpaired) electrons. The van der Waals surface area contributed by atoms with Gasteiger partial charge in [0.25, 0.3) is 0 Å². The Bertz CT molecular complexity index is 539. The average Bonchev–Trinajstić information content (AvgIpc) is 2.77. The van der Waals surface area contributed by atoms with E-state index in [4.69, 9.17) is 0 Å². The lowest BCUT2D eigenvalue weighted by molar-refractivity contribution is -0.107. The summed E-state index contributed by atoms with van der Waals surface area (Å²) < 4.78 is 5.44. The van der Waals surface area contributed by atoms with Crippen LogP contribution in [-0.2, 0) is 5.60 Å². The van der Waals surface area contributed by atoms with E-state index in [0.717, 1.165) is 22.9 Å². The van der Waals surface area contributed by atoms with Crippen LogP contribution in [0.1, 0.15) is 31.4 Å². The fourth-order valence-electron chi connectivity index (χ4n) is 2.61. The third-order valence-corrected chi connectivity index (χ3v) is 4.45. The van der Waals surface area contributed by atoms with E-state index in [9.17, 15) is 10.2 Å². The fourth-order valence-corrected chi connectivity index (χ4v) is 3.46. The van der Waals surface area contributed by atoms with Gasteiger partial charge in [0, 0.05) is 5.39 Å². The minimum absolute atomic E-state index is 0.599. The molecule has 0 bridgehead atoms. The molecule has 4 heteroatoms. The number of hydrogen-bond acceptors (Lipinski definition) is 4. The summed E-state index contributed by atoms with van der Waals surface area (Å²) in [4.78, 5) is 0. The third-order valence-electron chi connectivity index (χ3n) is 3.62. The number of aromatic nitrogens is 1. The molecule has 1 aromatic carbocycles. The predicted octanol–water partition coefficient (Wildman–Crippen LogP) is 2.42. The van der Waals surface area contributed by atoms with Gasteiger partial charge in [-0.15, -0.1) is 0 Å². The number of benzene rings is 1. The molecule has 1 fully saturated rings. The second-order valence-electron chi connectivity index (χ2n) is 4.71. The first-order valence-electron chi connectivity index (χ1n) is 5.97. The summed E-state index contributed by atoms with van der Waals surface area (Å²) in [7, 11) is 0. The topological polar surface area (TPSA) is 53.4 Å². The minimum Gasteiger partial charge on any atom is -0.390 e. The van der Waals surface area contributed by atoms with Crippen molar-refractivity contribution in [1.82, 2.24) is 4.37 Å². The van der Waals surface area contributed by atoms with E-state index in [1.165, 1.54) is 11.5 Å². The molecule has 90 valence electrons. The molecule has 1 unspecified atom stereocenters. The summed E-state index contributed by atoms with van der Waals surface area (Å²) in [6.07, 6.45) is 2.48. The third kappa shape index (κ3) is 1.68. The first kappa shape index (κ1) is 11.1. The molecule has 1 aliphatic rings. The van der Waals surface area contributed by atoms with Crippen molar-refractivity contribution in [3.63, 3.8) is 0 Å². The SMILES string of the molecule is OC1CCCC[C@]1(O)c1nsc2ccccc12. The van der Waals surface area contributed by atoms with Gasteiger partial charge in [-0.25, -0.2) is 0 Å². The van der Waals surface area contributed by atoms with Gasteiger partial charge in [-0.1, -0.05) is 24.6 Å². The number of hydrogen-bond donors (Lipinski definition) is 2. The lowest BCUT2D eigenvalue weighted by Crippen LogP contribution is -2.42. The maximum Gasteiger partial charge on any atom is 0.134 e. The van der Waals surface area contributed by atoms with Gasteiger partial charge < -0.3 is 10.2 Å². The van der Waals surface area contributed by atoms with E-state index < -0.39 is 11.7 Å². The lowest BCUT2D eigenvalue weighted by Gasteiger charge is -2.35. The highest BCUT2D eigenvalue weighted by molar-refractivity contribution is 7.13. The molecular formula is C13H15NO2S. The first-order chi connectivity index (χ1) is 8.22. The molecule has 17 heavy (non-hydrogen) atoms. The monoisotopic (exact) mass is 249 g/mol. The summed E-state index contributed by atoms with van der Waals surface area (Å²) in [6.45, 7) is 0. The highest BCUT2D eigenvalue weighted by Gasteiger charge is 2.42. The van der Waals surface area contributed by atoms with Crippen LogP contribution in [-0.4, -0.2) is 20.7 Å². The van der Waals surface area contributed by atoms with Crippen molar-refractivity contribution >= 4 is 21.6 Å². The second kappa shape index (κ2) is 4.05. The van der Waals surface area contributed by atoms with Crippen molar-refractivity contribution in [2.45, 2.75) is 37.4 Å². The van der Waals surface area contributed by atoms with Crippen molar-refractivity contribution in [3.05, 3.63) is 30.0 Å². The van der Waals surface area contributed by atoms with Gasteiger partial charge in [-0.3, -0.25) is 0 Å². The van der Waals surface area contributed by atoms with E-state index in [1.807, 2.05) is 24.3 Å². The quantitative estimate of drug-likeness (QED) is 0.816. The van der Waals surface area contributed by atoms with E-state index in [-0.39, 0.29) is 0 Å². The molecule has 2 atom stereocenters. The van der Waals surface area contributed by atoms with Crippen LogP contribution in [0.15, 0.2) is 24.3 Å². The molecule has 1 aromatic heterocycles. The summed E-state index contributed by atoms with van der Waals surface area (Å²) in [5.74, 6) is 0. The van der Waals surface area contributed by atoms with E-state index in [1.54, 1.807) is 0 Å². The highest BCUT2D eigenvalue weighted by atomic mass is 32.1. The Labute approximate surface area is 104 Å². The van der Waals surface area contributed by atoms with Crippen LogP contribution in [0.25, 0.3) is 10.1 Å². The molecule has 2 aromatic rings. The van der Waals surface area contributed by atoms with E-state index in [0.29, 0.717) is 18.5 Å². The number of rotatable bonds is 1. The predicted molar refractivity (Wildman–Crippen MR) is 68.0 cm³/mol. The Morgan fingerprint density at radius 2 is 2.12 bits per heavy atom. The number of nitrogens with zero attached hydrogens (tertiary/aromatic N) is 1. The van der Waals surface area contributed by atoms with E-state index in [2.05, 4.69) is 4.37 Å². The maximum absolute atomic E-state index is 10.7. The Morgan fingerprint density at radius 1 is 1.29 bits per heavy atom. The largest absolute Gasteiger partial charge is 0.390 e. The maximum atomic E-state index is 10.7. The Kier molecular flexibility index (Phi) is 2.65. The van der Waals surface area contributed by atoms with Crippen LogP contribution in [0, 0.1) is 0 Å². The fraction of sp³-hybridized carbons (Fsp3) is 0.462. The molecule has 3 rings (SSSR count). The van der Waals surface area contributed by atoms with Gasteiger partial charge in [0.15, 0.2) is 0 Å². The summed E-state index contributed by atoms with van der Waals surface area (Å²) in [5.41, 5.74) is -0.497. The smallest absolute Gasteiger partial charge is 0.134 e. The number of fused-ring (bicyclic) bond motifs is 1. The zero-order valence-corrected chi connectivity index (χ0v) is 10.3. The van der Waals surface area contributed by atoms with Gasteiger partial charge in [0.2, 0.25) is 0 Å². The van der Waals surface area contributed by atoms with Crippen molar-refractivity contribution in [2.75, 3.05) is 0 Å². The van der Waals surface area contributed by atoms with Crippen molar-refractivity contribution in [3.8, 4) is 0 Å². The van der Waals surface area contributed by atoms with Crippen LogP contribution in [0.5, 0.6) is 0 Å². The molecule has 1 heterocycles. The summed E-state index contributed by atoms with van der Waals surface area (Å²) in [5, 5.41) is 21.7. The Morgan fingerprint density at radius 3 is 2.94 bits per heavy atom. The number of aliphatic hydroxyl groups excluding tert-OH is 1. The molecule has 0 aliphatic heterocycles. The van der Waals surface area contributed by atoms with Gasteiger partial charge in [-0.2, -0.15) is 4.37 Å². The zero-order chi connectivity index (χ0) is 11.9. The van der Waals surface area contributed by atoms with Gasteiger partial charge in [0.1, 0.15) is 5.60 Å². The first-order valence-corrected chi connectivity index (χ1v) is 6.74. The van der Waals surface area contributed by atoms with Gasteiger partial charge in [-0.05, 0) is 36.9 Å². The molecule has 0 amide bonds. The van der Waals surface area contributed by atoms with Gasteiger partial charge >= 0.3 is 0 Å². The molecular weight excluding hydrogens is 234 g/mol. The molecule has 1 saturated carbocycles. The molecule has 0 saturated heterocycles. The molecule has 3 nitrogen and oxygen atoms in total. The van der Waals surface area contributed by atoms with E-state index >= 15 is 0 Å². The van der Waals surface area contributed by atoms with Crippen LogP contribution < -0.4 is 0 Å². The molecule has 1 aliphatic carbocycles. The normalized spacial score (nSPS) is 29.6. The van der Waals surface area contributed by atoms with Crippen LogP contribution in [0.4, 0.5) is 0 Å². The van der Waals surface area contributed by atoms with Crippen LogP contribution in [0.3, 0.4) is 0 Å². The van der Waals surface area contributed by atoms with Crippen molar-refractivity contribution in [2.24, 2.45) is 0 Å². The lowest BCUT2D eigenvalue weighted by atomic mass is 9.79. The summed E-state index contributed by atoms with van der Waals surface area (Å²) in [6, 6.07) is 7.87. The van der Waals surface area contributed by atoms with Gasteiger partial charge in [0.05, 0.1) is 16.5 Å². The Balaban J connectivity index is 2.13.